The van der Waals surface area contributed by atoms with Crippen LogP contribution in [0.5, 0.6) is 0 Å². The number of amides is 2. The number of hydrogen-bond donors (Lipinski definition) is 2. The largest absolute Gasteiger partial charge is 0.452 e. The minimum Gasteiger partial charge on any atom is -0.452 e. The van der Waals surface area contributed by atoms with E-state index in [0.29, 0.717) is 17.1 Å². The number of halogens is 1. The second kappa shape index (κ2) is 12.6. The van der Waals surface area contributed by atoms with Crippen LogP contribution < -0.4 is 10.6 Å². The van der Waals surface area contributed by atoms with Crippen LogP contribution in [0.2, 0.25) is 0 Å². The maximum absolute atomic E-state index is 13.0. The number of carbonyl (C=O) groups excluding carboxylic acids is 3. The number of hydrogen-bond acceptors (Lipinski definition) is 5. The van der Waals surface area contributed by atoms with Gasteiger partial charge in [-0.15, -0.1) is 11.8 Å². The Labute approximate surface area is 201 Å². The lowest BCUT2D eigenvalue weighted by atomic mass is 10.0. The molecule has 34 heavy (non-hydrogen) atoms. The number of esters is 1. The van der Waals surface area contributed by atoms with Crippen LogP contribution in [0.15, 0.2) is 83.8 Å². The highest BCUT2D eigenvalue weighted by Crippen LogP contribution is 2.24. The van der Waals surface area contributed by atoms with E-state index in [1.807, 2.05) is 37.3 Å². The number of nitrogens with one attached hydrogen (secondary N) is 2. The van der Waals surface area contributed by atoms with Crippen molar-refractivity contribution in [3.63, 3.8) is 0 Å². The molecule has 0 heterocycles. The lowest BCUT2D eigenvalue weighted by Gasteiger charge is -2.13. The molecule has 2 N–H and O–H groups in total. The van der Waals surface area contributed by atoms with Crippen LogP contribution in [0.1, 0.15) is 28.8 Å². The number of ether oxygens (including phenoxy) is 1. The maximum atomic E-state index is 13.0. The Hall–Kier alpha value is -3.65. The predicted molar refractivity (Wildman–Crippen MR) is 130 cm³/mol. The number of carbonyl (C=O) groups is 3. The molecule has 3 aromatic carbocycles. The molecular formula is C26H25FN2O4S. The summed E-state index contributed by atoms with van der Waals surface area (Å²) >= 11 is 1.16. The van der Waals surface area contributed by atoms with Crippen LogP contribution in [0.3, 0.4) is 0 Å². The summed E-state index contributed by atoms with van der Waals surface area (Å²) in [5.41, 5.74) is 1.86. The third kappa shape index (κ3) is 7.74. The van der Waals surface area contributed by atoms with Crippen molar-refractivity contribution in [3.05, 3.63) is 95.8 Å². The van der Waals surface area contributed by atoms with Gasteiger partial charge in [-0.1, -0.05) is 49.4 Å². The first-order valence-corrected chi connectivity index (χ1v) is 11.7. The zero-order chi connectivity index (χ0) is 24.3. The van der Waals surface area contributed by atoms with Crippen LogP contribution in [0.25, 0.3) is 0 Å². The summed E-state index contributed by atoms with van der Waals surface area (Å²) in [5.74, 6) is -1.56. The van der Waals surface area contributed by atoms with Gasteiger partial charge in [0.25, 0.3) is 5.91 Å². The summed E-state index contributed by atoms with van der Waals surface area (Å²) in [6.07, 6.45) is 0. The SMILES string of the molecule is CC(CNC(=O)COC(=O)c1ccccc1SCC(=O)Nc1ccc(F)cc1)c1ccccc1. The first-order chi connectivity index (χ1) is 16.4. The number of benzene rings is 3. The summed E-state index contributed by atoms with van der Waals surface area (Å²) in [6.45, 7) is 2.03. The van der Waals surface area contributed by atoms with Crippen molar-refractivity contribution < 1.29 is 23.5 Å². The summed E-state index contributed by atoms with van der Waals surface area (Å²) in [5, 5.41) is 5.44. The Morgan fingerprint density at radius 2 is 1.59 bits per heavy atom. The van der Waals surface area contributed by atoms with E-state index in [4.69, 9.17) is 4.74 Å². The molecule has 6 nitrogen and oxygen atoms in total. The molecule has 0 radical (unpaired) electrons. The normalized spacial score (nSPS) is 11.4. The van der Waals surface area contributed by atoms with Gasteiger partial charge in [0.05, 0.1) is 11.3 Å². The molecule has 1 unspecified atom stereocenters. The molecule has 0 bridgehead atoms. The fourth-order valence-corrected chi connectivity index (χ4v) is 3.90. The molecular weight excluding hydrogens is 455 g/mol. The van der Waals surface area contributed by atoms with E-state index in [-0.39, 0.29) is 34.9 Å². The van der Waals surface area contributed by atoms with Gasteiger partial charge in [0, 0.05) is 17.1 Å². The van der Waals surface area contributed by atoms with E-state index in [2.05, 4.69) is 10.6 Å². The fraction of sp³-hybridized carbons (Fsp3) is 0.192. The van der Waals surface area contributed by atoms with E-state index < -0.39 is 12.6 Å². The Bertz CT molecular complexity index is 1120. The lowest BCUT2D eigenvalue weighted by Crippen LogP contribution is -2.31. The lowest BCUT2D eigenvalue weighted by molar-refractivity contribution is -0.124. The molecule has 0 aromatic heterocycles. The molecule has 0 aliphatic carbocycles. The van der Waals surface area contributed by atoms with E-state index in [9.17, 15) is 18.8 Å². The second-order valence-corrected chi connectivity index (χ2v) is 8.55. The third-order valence-electron chi connectivity index (χ3n) is 4.90. The van der Waals surface area contributed by atoms with Gasteiger partial charge in [-0.3, -0.25) is 9.59 Å². The Morgan fingerprint density at radius 3 is 2.32 bits per heavy atom. The van der Waals surface area contributed by atoms with E-state index in [0.717, 1.165) is 17.3 Å². The number of anilines is 1. The topological polar surface area (TPSA) is 84.5 Å². The zero-order valence-corrected chi connectivity index (χ0v) is 19.4. The van der Waals surface area contributed by atoms with Crippen molar-refractivity contribution in [3.8, 4) is 0 Å². The molecule has 3 aromatic rings. The highest BCUT2D eigenvalue weighted by atomic mass is 32.2. The molecule has 1 atom stereocenters. The van der Waals surface area contributed by atoms with Gasteiger partial charge in [0.1, 0.15) is 5.82 Å². The van der Waals surface area contributed by atoms with Crippen molar-refractivity contribution in [2.45, 2.75) is 17.7 Å². The fourth-order valence-electron chi connectivity index (χ4n) is 3.06. The average molecular weight is 481 g/mol. The van der Waals surface area contributed by atoms with Gasteiger partial charge >= 0.3 is 5.97 Å². The summed E-state index contributed by atoms with van der Waals surface area (Å²) in [7, 11) is 0. The van der Waals surface area contributed by atoms with Crippen LogP contribution >= 0.6 is 11.8 Å². The number of thioether (sulfide) groups is 1. The molecule has 0 aliphatic heterocycles. The highest BCUT2D eigenvalue weighted by Gasteiger charge is 2.16. The minimum absolute atomic E-state index is 0.0412. The first-order valence-electron chi connectivity index (χ1n) is 10.7. The molecule has 0 saturated carbocycles. The summed E-state index contributed by atoms with van der Waals surface area (Å²) in [4.78, 5) is 37.4. The number of rotatable bonds is 10. The smallest absolute Gasteiger partial charge is 0.339 e. The molecule has 2 amide bonds. The van der Waals surface area contributed by atoms with Gasteiger partial charge in [-0.2, -0.15) is 0 Å². The van der Waals surface area contributed by atoms with E-state index in [1.165, 1.54) is 24.3 Å². The van der Waals surface area contributed by atoms with Crippen LogP contribution in [-0.2, 0) is 14.3 Å². The third-order valence-corrected chi connectivity index (χ3v) is 5.98. The summed E-state index contributed by atoms with van der Waals surface area (Å²) in [6, 6.07) is 22.0. The van der Waals surface area contributed by atoms with Gasteiger partial charge in [0.2, 0.25) is 5.91 Å². The van der Waals surface area contributed by atoms with E-state index >= 15 is 0 Å². The molecule has 0 saturated heterocycles. The Kier molecular flexibility index (Phi) is 9.22. The molecule has 176 valence electrons. The zero-order valence-electron chi connectivity index (χ0n) is 18.6. The van der Waals surface area contributed by atoms with Crippen molar-refractivity contribution >= 4 is 35.2 Å². The second-order valence-electron chi connectivity index (χ2n) is 7.53. The first kappa shape index (κ1) is 25.0. The van der Waals surface area contributed by atoms with Crippen LogP contribution in [-0.4, -0.2) is 36.7 Å². The van der Waals surface area contributed by atoms with Crippen LogP contribution in [0, 0.1) is 5.82 Å². The Balaban J connectivity index is 1.47. The molecule has 8 heteroatoms. The predicted octanol–water partition coefficient (Wildman–Crippen LogP) is 4.63. The van der Waals surface area contributed by atoms with Gasteiger partial charge in [-0.25, -0.2) is 9.18 Å². The highest BCUT2D eigenvalue weighted by molar-refractivity contribution is 8.00. The van der Waals surface area contributed by atoms with Gasteiger partial charge in [-0.05, 0) is 47.9 Å². The van der Waals surface area contributed by atoms with E-state index in [1.54, 1.807) is 24.3 Å². The van der Waals surface area contributed by atoms with Crippen molar-refractivity contribution in [1.29, 1.82) is 0 Å². The average Bonchev–Trinajstić information content (AvgIpc) is 2.86. The molecule has 0 aliphatic rings. The van der Waals surface area contributed by atoms with Crippen molar-refractivity contribution in [1.82, 2.24) is 5.32 Å². The summed E-state index contributed by atoms with van der Waals surface area (Å²) < 4.78 is 18.2. The van der Waals surface area contributed by atoms with Crippen LogP contribution in [0.4, 0.5) is 10.1 Å². The maximum Gasteiger partial charge on any atom is 0.339 e. The van der Waals surface area contributed by atoms with Crippen molar-refractivity contribution in [2.75, 3.05) is 24.2 Å². The molecule has 3 rings (SSSR count). The van der Waals surface area contributed by atoms with Crippen molar-refractivity contribution in [2.24, 2.45) is 0 Å². The standard InChI is InChI=1S/C26H25FN2O4S/c1-18(19-7-3-2-4-8-19)15-28-24(30)16-33-26(32)22-9-5-6-10-23(22)34-17-25(31)29-21-13-11-20(27)12-14-21/h2-14,18H,15-17H2,1H3,(H,28,30)(H,29,31). The van der Waals surface area contributed by atoms with Gasteiger partial charge in [0.15, 0.2) is 6.61 Å². The quantitative estimate of drug-likeness (QED) is 0.326. The monoisotopic (exact) mass is 480 g/mol. The molecule has 0 spiro atoms. The van der Waals surface area contributed by atoms with Gasteiger partial charge < -0.3 is 15.4 Å². The Morgan fingerprint density at radius 1 is 0.912 bits per heavy atom. The molecule has 0 fully saturated rings. The minimum atomic E-state index is -0.645.